The van der Waals surface area contributed by atoms with Gasteiger partial charge in [0, 0.05) is 42.0 Å². The standard InChI is InChI=1S/C25H23N5O2S2/c1-17-27-24-23(19(16-34-24)21-8-5-13-33-21)25(32)30(17)15-22(31)29-11-9-28(10-12-29)20(14-26)18-6-3-2-4-7-18/h2-8,13,16,20H,9-12,15H2,1H3/t20-/m1/s1. The molecular formula is C25H23N5O2S2. The molecule has 9 heteroatoms. The van der Waals surface area contributed by atoms with E-state index in [2.05, 4.69) is 16.0 Å². The number of fused-ring (bicyclic) bond motifs is 1. The van der Waals surface area contributed by atoms with Crippen LogP contribution >= 0.6 is 22.7 Å². The maximum atomic E-state index is 13.4. The Morgan fingerprint density at radius 1 is 1.12 bits per heavy atom. The second-order valence-electron chi connectivity index (χ2n) is 8.22. The first-order chi connectivity index (χ1) is 16.6. The SMILES string of the molecule is Cc1nc2scc(-c3cccs3)c2c(=O)n1CC(=O)N1CCN([C@H](C#N)c2ccccc2)CC1. The molecule has 1 aromatic carbocycles. The van der Waals surface area contributed by atoms with Gasteiger partial charge < -0.3 is 4.90 Å². The van der Waals surface area contributed by atoms with Gasteiger partial charge in [-0.05, 0) is 23.9 Å². The zero-order valence-electron chi connectivity index (χ0n) is 18.7. The monoisotopic (exact) mass is 489 g/mol. The van der Waals surface area contributed by atoms with Gasteiger partial charge in [-0.25, -0.2) is 4.98 Å². The molecule has 0 radical (unpaired) electrons. The molecule has 172 valence electrons. The highest BCUT2D eigenvalue weighted by molar-refractivity contribution is 7.18. The highest BCUT2D eigenvalue weighted by Crippen LogP contribution is 2.33. The first kappa shape index (κ1) is 22.5. The Bertz CT molecular complexity index is 1410. The van der Waals surface area contributed by atoms with Gasteiger partial charge in [0.05, 0.1) is 11.5 Å². The summed E-state index contributed by atoms with van der Waals surface area (Å²) >= 11 is 3.04. The number of hydrogen-bond donors (Lipinski definition) is 0. The van der Waals surface area contributed by atoms with E-state index in [-0.39, 0.29) is 24.1 Å². The van der Waals surface area contributed by atoms with Crippen molar-refractivity contribution in [3.8, 4) is 16.5 Å². The summed E-state index contributed by atoms with van der Waals surface area (Å²) in [5.74, 6) is 0.435. The number of rotatable bonds is 5. The van der Waals surface area contributed by atoms with Gasteiger partial charge in [-0.15, -0.1) is 22.7 Å². The molecule has 3 aromatic heterocycles. The lowest BCUT2D eigenvalue weighted by atomic mass is 10.1. The summed E-state index contributed by atoms with van der Waals surface area (Å²) in [6, 6.07) is 15.7. The van der Waals surface area contributed by atoms with Crippen LogP contribution in [0.3, 0.4) is 0 Å². The Morgan fingerprint density at radius 3 is 2.56 bits per heavy atom. The van der Waals surface area contributed by atoms with E-state index in [1.54, 1.807) is 23.2 Å². The van der Waals surface area contributed by atoms with Gasteiger partial charge in [0.2, 0.25) is 5.91 Å². The van der Waals surface area contributed by atoms with E-state index in [1.165, 1.54) is 15.9 Å². The van der Waals surface area contributed by atoms with E-state index >= 15 is 0 Å². The normalized spacial score (nSPS) is 15.4. The van der Waals surface area contributed by atoms with Crippen molar-refractivity contribution < 1.29 is 4.79 Å². The molecule has 7 nitrogen and oxygen atoms in total. The third kappa shape index (κ3) is 4.16. The number of nitriles is 1. The molecule has 0 aliphatic carbocycles. The van der Waals surface area contributed by atoms with Crippen molar-refractivity contribution in [3.63, 3.8) is 0 Å². The number of carbonyl (C=O) groups excluding carboxylic acids is 1. The maximum absolute atomic E-state index is 13.4. The van der Waals surface area contributed by atoms with Gasteiger partial charge in [0.15, 0.2) is 0 Å². The molecule has 0 spiro atoms. The lowest BCUT2D eigenvalue weighted by Gasteiger charge is -2.37. The summed E-state index contributed by atoms with van der Waals surface area (Å²) in [7, 11) is 0. The maximum Gasteiger partial charge on any atom is 0.263 e. The number of hydrogen-bond acceptors (Lipinski definition) is 7. The highest BCUT2D eigenvalue weighted by atomic mass is 32.1. The molecule has 1 aliphatic heterocycles. The molecule has 5 rings (SSSR count). The minimum absolute atomic E-state index is 0.0340. The van der Waals surface area contributed by atoms with Gasteiger partial charge in [-0.2, -0.15) is 5.26 Å². The zero-order chi connectivity index (χ0) is 23.7. The minimum Gasteiger partial charge on any atom is -0.339 e. The number of thiophene rings is 2. The van der Waals surface area contributed by atoms with Crippen molar-refractivity contribution in [2.75, 3.05) is 26.2 Å². The van der Waals surface area contributed by atoms with Gasteiger partial charge in [-0.1, -0.05) is 36.4 Å². The second-order valence-corrected chi connectivity index (χ2v) is 10.0. The van der Waals surface area contributed by atoms with Crippen LogP contribution in [0.25, 0.3) is 20.7 Å². The summed E-state index contributed by atoms with van der Waals surface area (Å²) in [5.41, 5.74) is 1.67. The Morgan fingerprint density at radius 2 is 1.88 bits per heavy atom. The molecule has 34 heavy (non-hydrogen) atoms. The van der Waals surface area contributed by atoms with Crippen molar-refractivity contribution in [1.82, 2.24) is 19.4 Å². The van der Waals surface area contributed by atoms with E-state index in [4.69, 9.17) is 0 Å². The lowest BCUT2D eigenvalue weighted by molar-refractivity contribution is -0.133. The molecule has 0 N–H and O–H groups in total. The number of piperazine rings is 1. The first-order valence-corrected chi connectivity index (χ1v) is 12.8. The van der Waals surface area contributed by atoms with Gasteiger partial charge in [-0.3, -0.25) is 19.1 Å². The van der Waals surface area contributed by atoms with Gasteiger partial charge in [0.1, 0.15) is 23.2 Å². The molecule has 0 unspecified atom stereocenters. The molecule has 1 atom stereocenters. The predicted molar refractivity (Wildman–Crippen MR) is 135 cm³/mol. The minimum atomic E-state index is -0.329. The summed E-state index contributed by atoms with van der Waals surface area (Å²) in [6.07, 6.45) is 0. The molecule has 4 heterocycles. The molecule has 1 amide bonds. The van der Waals surface area contributed by atoms with E-state index in [0.717, 1.165) is 16.0 Å². The number of amides is 1. The van der Waals surface area contributed by atoms with Crippen LogP contribution in [-0.2, 0) is 11.3 Å². The van der Waals surface area contributed by atoms with Gasteiger partial charge in [0.25, 0.3) is 5.56 Å². The van der Waals surface area contributed by atoms with Crippen molar-refractivity contribution in [3.05, 3.63) is 75.0 Å². The third-order valence-electron chi connectivity index (χ3n) is 6.23. The Labute approximate surface area is 205 Å². The summed E-state index contributed by atoms with van der Waals surface area (Å²) in [5, 5.41) is 14.2. The first-order valence-electron chi connectivity index (χ1n) is 11.1. The van der Waals surface area contributed by atoms with E-state index in [1.807, 2.05) is 53.2 Å². The topological polar surface area (TPSA) is 82.2 Å². The lowest BCUT2D eigenvalue weighted by Crippen LogP contribution is -2.50. The number of benzene rings is 1. The molecule has 4 aromatic rings. The van der Waals surface area contributed by atoms with Crippen molar-refractivity contribution >= 4 is 38.8 Å². The van der Waals surface area contributed by atoms with Crippen LogP contribution in [0, 0.1) is 18.3 Å². The molecule has 1 aliphatic rings. The molecule has 1 fully saturated rings. The summed E-state index contributed by atoms with van der Waals surface area (Å²) in [4.78, 5) is 36.8. The number of carbonyl (C=O) groups is 1. The zero-order valence-corrected chi connectivity index (χ0v) is 20.3. The average molecular weight is 490 g/mol. The molecular weight excluding hydrogens is 466 g/mol. The van der Waals surface area contributed by atoms with Crippen LogP contribution in [0.2, 0.25) is 0 Å². The van der Waals surface area contributed by atoms with Gasteiger partial charge >= 0.3 is 0 Å². The predicted octanol–water partition coefficient (Wildman–Crippen LogP) is 3.90. The Balaban J connectivity index is 1.32. The smallest absolute Gasteiger partial charge is 0.263 e. The number of nitrogens with zero attached hydrogens (tertiary/aromatic N) is 5. The molecule has 0 saturated carbocycles. The highest BCUT2D eigenvalue weighted by Gasteiger charge is 2.27. The van der Waals surface area contributed by atoms with Crippen molar-refractivity contribution in [2.24, 2.45) is 0 Å². The second kappa shape index (κ2) is 9.50. The molecule has 0 bridgehead atoms. The van der Waals surface area contributed by atoms with Crippen molar-refractivity contribution in [1.29, 1.82) is 5.26 Å². The average Bonchev–Trinajstić information content (AvgIpc) is 3.53. The molecule has 1 saturated heterocycles. The van der Waals surface area contributed by atoms with Crippen LogP contribution in [0.15, 0.2) is 58.0 Å². The Hall–Kier alpha value is -3.32. The Kier molecular flexibility index (Phi) is 6.28. The fraction of sp³-hybridized carbons (Fsp3) is 0.280. The number of aryl methyl sites for hydroxylation is 1. The summed E-state index contributed by atoms with van der Waals surface area (Å²) in [6.45, 7) is 3.99. The van der Waals surface area contributed by atoms with Crippen molar-refractivity contribution in [2.45, 2.75) is 19.5 Å². The van der Waals surface area contributed by atoms with Crippen LogP contribution in [0.5, 0.6) is 0 Å². The van der Waals surface area contributed by atoms with Crippen LogP contribution in [-0.4, -0.2) is 51.4 Å². The van der Waals surface area contributed by atoms with E-state index in [9.17, 15) is 14.9 Å². The fourth-order valence-electron chi connectivity index (χ4n) is 4.39. The van der Waals surface area contributed by atoms with Crippen LogP contribution in [0.1, 0.15) is 17.4 Å². The summed E-state index contributed by atoms with van der Waals surface area (Å²) < 4.78 is 1.49. The number of aromatic nitrogens is 2. The third-order valence-corrected chi connectivity index (χ3v) is 8.01. The largest absolute Gasteiger partial charge is 0.339 e. The van der Waals surface area contributed by atoms with Crippen LogP contribution in [0.4, 0.5) is 0 Å². The van der Waals surface area contributed by atoms with E-state index < -0.39 is 0 Å². The van der Waals surface area contributed by atoms with Crippen LogP contribution < -0.4 is 5.56 Å². The quantitative estimate of drug-likeness (QED) is 0.425. The fourth-order valence-corrected chi connectivity index (χ4v) is 6.19. The van der Waals surface area contributed by atoms with E-state index in [0.29, 0.717) is 42.2 Å².